The Labute approximate surface area is 84.3 Å². The molecule has 0 saturated carbocycles. The summed E-state index contributed by atoms with van der Waals surface area (Å²) >= 11 is 0. The lowest BCUT2D eigenvalue weighted by Gasteiger charge is -2.09. The minimum Gasteiger partial charge on any atom is -0.326 e. The Kier molecular flexibility index (Phi) is 3.63. The molecule has 0 spiro atoms. The first kappa shape index (κ1) is 11.5. The molecule has 0 aliphatic rings. The predicted molar refractivity (Wildman–Crippen MR) is 46.4 cm³/mol. The average molecular weight is 215 g/mol. The van der Waals surface area contributed by atoms with Gasteiger partial charge in [0.05, 0.1) is 23.7 Å². The summed E-state index contributed by atoms with van der Waals surface area (Å²) in [7, 11) is 0. The third kappa shape index (κ3) is 2.25. The van der Waals surface area contributed by atoms with Crippen molar-refractivity contribution >= 4 is 0 Å². The molecule has 6 heteroatoms. The van der Waals surface area contributed by atoms with Crippen LogP contribution in [0.25, 0.3) is 0 Å². The third-order valence-corrected chi connectivity index (χ3v) is 1.90. The van der Waals surface area contributed by atoms with Crippen molar-refractivity contribution in [1.82, 2.24) is 4.98 Å². The number of pyridine rings is 1. The Morgan fingerprint density at radius 2 is 2.20 bits per heavy atom. The van der Waals surface area contributed by atoms with Crippen LogP contribution in [0.4, 0.5) is 13.2 Å². The lowest BCUT2D eigenvalue weighted by Crippen LogP contribution is -2.09. The van der Waals surface area contributed by atoms with Gasteiger partial charge >= 0.3 is 0 Å². The molecule has 1 rings (SSSR count). The molecular weight excluding hydrogens is 207 g/mol. The minimum absolute atomic E-state index is 0.0378. The molecule has 0 radical (unpaired) electrons. The summed E-state index contributed by atoms with van der Waals surface area (Å²) < 4.78 is 38.4. The van der Waals surface area contributed by atoms with E-state index in [0.29, 0.717) is 0 Å². The van der Waals surface area contributed by atoms with E-state index >= 15 is 0 Å². The van der Waals surface area contributed by atoms with Gasteiger partial charge in [-0.3, -0.25) is 4.98 Å². The monoisotopic (exact) mass is 215 g/mol. The van der Waals surface area contributed by atoms with E-state index in [9.17, 15) is 13.2 Å². The largest absolute Gasteiger partial charge is 0.326 e. The summed E-state index contributed by atoms with van der Waals surface area (Å²) in [5, 5.41) is 8.33. The normalized spacial score (nSPS) is 10.4. The second kappa shape index (κ2) is 4.75. The summed E-state index contributed by atoms with van der Waals surface area (Å²) in [4.78, 5) is 3.57. The maximum Gasteiger partial charge on any atom is 0.267 e. The van der Waals surface area contributed by atoms with Crippen LogP contribution < -0.4 is 5.73 Å². The van der Waals surface area contributed by atoms with Gasteiger partial charge in [-0.05, 0) is 5.56 Å². The van der Waals surface area contributed by atoms with Gasteiger partial charge in [-0.15, -0.1) is 0 Å². The molecule has 15 heavy (non-hydrogen) atoms. The van der Waals surface area contributed by atoms with Crippen molar-refractivity contribution in [2.24, 2.45) is 5.73 Å². The predicted octanol–water partition coefficient (Wildman–Crippen LogP) is 1.68. The van der Waals surface area contributed by atoms with Gasteiger partial charge in [0.1, 0.15) is 0 Å². The van der Waals surface area contributed by atoms with Crippen molar-refractivity contribution in [2.45, 2.75) is 19.4 Å². The van der Waals surface area contributed by atoms with E-state index in [1.807, 2.05) is 0 Å². The standard InChI is InChI=1S/C9H8F3N3/c10-8-6(1-2-13)15-4-5(3-14)7(8)9(11)12/h4,9H,1,3,14H2. The van der Waals surface area contributed by atoms with E-state index in [1.165, 1.54) is 0 Å². The molecule has 0 aromatic carbocycles. The maximum atomic E-state index is 13.4. The molecule has 0 atom stereocenters. The molecule has 0 fully saturated rings. The number of nitrogens with two attached hydrogens (primary N) is 1. The van der Waals surface area contributed by atoms with Crippen LogP contribution in [0.2, 0.25) is 0 Å². The molecular formula is C9H8F3N3. The molecule has 1 aromatic heterocycles. The lowest BCUT2D eigenvalue weighted by atomic mass is 10.1. The summed E-state index contributed by atoms with van der Waals surface area (Å²) in [6, 6.07) is 1.65. The first-order valence-electron chi connectivity index (χ1n) is 4.13. The number of nitrogens with zero attached hydrogens (tertiary/aromatic N) is 2. The Hall–Kier alpha value is -1.61. The summed E-state index contributed by atoms with van der Waals surface area (Å²) in [5.41, 5.74) is 4.11. The molecule has 0 unspecified atom stereocenters. The van der Waals surface area contributed by atoms with Crippen molar-refractivity contribution in [1.29, 1.82) is 5.26 Å². The number of aromatic nitrogens is 1. The van der Waals surface area contributed by atoms with Gasteiger partial charge in [0.2, 0.25) is 0 Å². The van der Waals surface area contributed by atoms with Gasteiger partial charge in [0.25, 0.3) is 6.43 Å². The highest BCUT2D eigenvalue weighted by Gasteiger charge is 2.21. The van der Waals surface area contributed by atoms with E-state index in [-0.39, 0.29) is 24.2 Å². The number of rotatable bonds is 3. The molecule has 0 aliphatic carbocycles. The van der Waals surface area contributed by atoms with Gasteiger partial charge < -0.3 is 5.73 Å². The van der Waals surface area contributed by atoms with E-state index < -0.39 is 17.8 Å². The highest BCUT2D eigenvalue weighted by atomic mass is 19.3. The molecule has 2 N–H and O–H groups in total. The number of hydrogen-bond donors (Lipinski definition) is 1. The zero-order valence-corrected chi connectivity index (χ0v) is 7.67. The second-order valence-electron chi connectivity index (χ2n) is 2.80. The van der Waals surface area contributed by atoms with Gasteiger partial charge in [-0.2, -0.15) is 5.26 Å². The first-order valence-corrected chi connectivity index (χ1v) is 4.13. The fourth-order valence-corrected chi connectivity index (χ4v) is 1.18. The molecule has 0 amide bonds. The Morgan fingerprint density at radius 3 is 2.67 bits per heavy atom. The van der Waals surface area contributed by atoms with Gasteiger partial charge in [0, 0.05) is 12.7 Å². The minimum atomic E-state index is -2.95. The van der Waals surface area contributed by atoms with E-state index in [1.54, 1.807) is 6.07 Å². The van der Waals surface area contributed by atoms with Crippen molar-refractivity contribution in [3.8, 4) is 6.07 Å². The van der Waals surface area contributed by atoms with E-state index in [2.05, 4.69) is 4.98 Å². The quantitative estimate of drug-likeness (QED) is 0.834. The van der Waals surface area contributed by atoms with Crippen LogP contribution in [0.15, 0.2) is 6.20 Å². The Morgan fingerprint density at radius 1 is 1.53 bits per heavy atom. The fraction of sp³-hybridized carbons (Fsp3) is 0.333. The van der Waals surface area contributed by atoms with Gasteiger partial charge in [-0.1, -0.05) is 0 Å². The molecule has 0 bridgehead atoms. The van der Waals surface area contributed by atoms with E-state index in [0.717, 1.165) is 6.20 Å². The fourth-order valence-electron chi connectivity index (χ4n) is 1.18. The van der Waals surface area contributed by atoms with Crippen molar-refractivity contribution < 1.29 is 13.2 Å². The SMILES string of the molecule is N#CCc1ncc(CN)c(C(F)F)c1F. The highest BCUT2D eigenvalue weighted by Crippen LogP contribution is 2.26. The average Bonchev–Trinajstić information content (AvgIpc) is 2.20. The molecule has 0 saturated heterocycles. The number of halogens is 3. The summed E-state index contributed by atoms with van der Waals surface area (Å²) in [5.74, 6) is -1.13. The molecule has 0 aliphatic heterocycles. The van der Waals surface area contributed by atoms with Crippen molar-refractivity contribution in [3.63, 3.8) is 0 Å². The topological polar surface area (TPSA) is 62.7 Å². The number of nitriles is 1. The zero-order chi connectivity index (χ0) is 11.4. The van der Waals surface area contributed by atoms with Gasteiger partial charge in [0.15, 0.2) is 5.82 Å². The molecule has 80 valence electrons. The lowest BCUT2D eigenvalue weighted by molar-refractivity contribution is 0.144. The maximum absolute atomic E-state index is 13.4. The number of alkyl halides is 2. The second-order valence-corrected chi connectivity index (χ2v) is 2.80. The zero-order valence-electron chi connectivity index (χ0n) is 7.67. The Balaban J connectivity index is 3.30. The smallest absolute Gasteiger partial charge is 0.267 e. The van der Waals surface area contributed by atoms with Crippen LogP contribution in [-0.4, -0.2) is 4.98 Å². The third-order valence-electron chi connectivity index (χ3n) is 1.90. The highest BCUT2D eigenvalue weighted by molar-refractivity contribution is 5.30. The molecule has 1 aromatic rings. The summed E-state index contributed by atoms with van der Waals surface area (Å²) in [6.45, 7) is -0.212. The van der Waals surface area contributed by atoms with Crippen LogP contribution in [-0.2, 0) is 13.0 Å². The molecule has 3 nitrogen and oxygen atoms in total. The first-order chi connectivity index (χ1) is 7.11. The van der Waals surface area contributed by atoms with Crippen LogP contribution >= 0.6 is 0 Å². The van der Waals surface area contributed by atoms with Crippen LogP contribution in [0.3, 0.4) is 0 Å². The Bertz CT molecular complexity index is 398. The van der Waals surface area contributed by atoms with Crippen LogP contribution in [0.5, 0.6) is 0 Å². The summed E-state index contributed by atoms with van der Waals surface area (Å²) in [6.07, 6.45) is -2.21. The van der Waals surface area contributed by atoms with Crippen molar-refractivity contribution in [2.75, 3.05) is 0 Å². The van der Waals surface area contributed by atoms with Crippen LogP contribution in [0.1, 0.15) is 23.2 Å². The van der Waals surface area contributed by atoms with Gasteiger partial charge in [-0.25, -0.2) is 13.2 Å². The van der Waals surface area contributed by atoms with Crippen molar-refractivity contribution in [3.05, 3.63) is 28.8 Å². The van der Waals surface area contributed by atoms with Crippen LogP contribution in [0, 0.1) is 17.1 Å². The number of hydrogen-bond acceptors (Lipinski definition) is 3. The van der Waals surface area contributed by atoms with E-state index in [4.69, 9.17) is 11.0 Å². The molecule has 1 heterocycles.